The monoisotopic (exact) mass is 290 g/mol. The molecule has 1 aromatic carbocycles. The number of fused-ring (bicyclic) bond motifs is 1. The largest absolute Gasteiger partial charge is 0.306 e. The summed E-state index contributed by atoms with van der Waals surface area (Å²) in [5.74, 6) is 0. The Morgan fingerprint density at radius 1 is 1.05 bits per heavy atom. The second-order valence-electron chi connectivity index (χ2n) is 4.08. The molecule has 3 aromatic rings. The SMILES string of the molecule is O=c1[nH]c2ncccc2cc1-c1ccc(Cl)cc1Cl. The van der Waals surface area contributed by atoms with Gasteiger partial charge >= 0.3 is 0 Å². The normalized spacial score (nSPS) is 10.8. The molecule has 0 aliphatic carbocycles. The number of rotatable bonds is 1. The fourth-order valence-corrected chi connectivity index (χ4v) is 2.45. The fourth-order valence-electron chi connectivity index (χ4n) is 1.94. The van der Waals surface area contributed by atoms with Crippen molar-refractivity contribution < 1.29 is 0 Å². The van der Waals surface area contributed by atoms with Gasteiger partial charge in [0.25, 0.3) is 5.56 Å². The zero-order chi connectivity index (χ0) is 13.4. The second-order valence-corrected chi connectivity index (χ2v) is 4.92. The number of H-pyrrole nitrogens is 1. The van der Waals surface area contributed by atoms with Crippen molar-refractivity contribution in [2.75, 3.05) is 0 Å². The van der Waals surface area contributed by atoms with Crippen LogP contribution in [0, 0.1) is 0 Å². The third-order valence-corrected chi connectivity index (χ3v) is 3.38. The van der Waals surface area contributed by atoms with E-state index in [2.05, 4.69) is 9.97 Å². The van der Waals surface area contributed by atoms with E-state index in [0.29, 0.717) is 26.8 Å². The Labute approximate surface area is 118 Å². The number of hydrogen-bond acceptors (Lipinski definition) is 2. The predicted octanol–water partition coefficient (Wildman–Crippen LogP) is 3.90. The van der Waals surface area contributed by atoms with Crippen molar-refractivity contribution in [3.63, 3.8) is 0 Å². The minimum atomic E-state index is -0.226. The molecule has 2 aromatic heterocycles. The van der Waals surface area contributed by atoms with E-state index in [1.807, 2.05) is 12.1 Å². The number of hydrogen-bond donors (Lipinski definition) is 1. The van der Waals surface area contributed by atoms with Crippen molar-refractivity contribution in [2.24, 2.45) is 0 Å². The topological polar surface area (TPSA) is 45.8 Å². The van der Waals surface area contributed by atoms with Crippen LogP contribution < -0.4 is 5.56 Å². The van der Waals surface area contributed by atoms with Gasteiger partial charge in [-0.05, 0) is 30.3 Å². The van der Waals surface area contributed by atoms with Crippen molar-refractivity contribution >= 4 is 34.2 Å². The Morgan fingerprint density at radius 2 is 1.89 bits per heavy atom. The third-order valence-electron chi connectivity index (χ3n) is 2.84. The van der Waals surface area contributed by atoms with E-state index in [9.17, 15) is 4.79 Å². The first-order valence-electron chi connectivity index (χ1n) is 5.58. The van der Waals surface area contributed by atoms with E-state index in [-0.39, 0.29) is 5.56 Å². The van der Waals surface area contributed by atoms with Gasteiger partial charge in [0.1, 0.15) is 5.65 Å². The summed E-state index contributed by atoms with van der Waals surface area (Å²) < 4.78 is 0. The van der Waals surface area contributed by atoms with Gasteiger partial charge in [-0.3, -0.25) is 4.79 Å². The molecule has 0 saturated carbocycles. The lowest BCUT2D eigenvalue weighted by molar-refractivity contribution is 1.23. The van der Waals surface area contributed by atoms with Gasteiger partial charge in [0.15, 0.2) is 0 Å². The minimum Gasteiger partial charge on any atom is -0.306 e. The summed E-state index contributed by atoms with van der Waals surface area (Å²) in [7, 11) is 0. The Balaban J connectivity index is 2.30. The first-order valence-corrected chi connectivity index (χ1v) is 6.34. The summed E-state index contributed by atoms with van der Waals surface area (Å²) >= 11 is 12.0. The van der Waals surface area contributed by atoms with E-state index >= 15 is 0 Å². The van der Waals surface area contributed by atoms with Crippen LogP contribution >= 0.6 is 23.2 Å². The number of aromatic nitrogens is 2. The van der Waals surface area contributed by atoms with Gasteiger partial charge in [0.05, 0.1) is 5.02 Å². The fraction of sp³-hybridized carbons (Fsp3) is 0. The summed E-state index contributed by atoms with van der Waals surface area (Å²) in [4.78, 5) is 18.9. The Hall–Kier alpha value is -1.84. The molecule has 0 radical (unpaired) electrons. The van der Waals surface area contributed by atoms with Gasteiger partial charge in [-0.2, -0.15) is 0 Å². The van der Waals surface area contributed by atoms with Crippen LogP contribution in [0.2, 0.25) is 10.0 Å². The second kappa shape index (κ2) is 4.68. The molecule has 0 aliphatic rings. The average molecular weight is 291 g/mol. The van der Waals surface area contributed by atoms with Crippen LogP contribution in [0.15, 0.2) is 47.4 Å². The Kier molecular flexibility index (Phi) is 3.01. The smallest absolute Gasteiger partial charge is 0.257 e. The van der Waals surface area contributed by atoms with Crippen molar-refractivity contribution in [1.82, 2.24) is 9.97 Å². The molecular weight excluding hydrogens is 283 g/mol. The van der Waals surface area contributed by atoms with Gasteiger partial charge in [0.2, 0.25) is 0 Å². The summed E-state index contributed by atoms with van der Waals surface area (Å²) in [5.41, 5.74) is 1.48. The summed E-state index contributed by atoms with van der Waals surface area (Å²) in [6.07, 6.45) is 1.63. The lowest BCUT2D eigenvalue weighted by atomic mass is 10.1. The first kappa shape index (κ1) is 12.2. The summed E-state index contributed by atoms with van der Waals surface area (Å²) in [5, 5.41) is 1.83. The zero-order valence-electron chi connectivity index (χ0n) is 9.65. The van der Waals surface area contributed by atoms with Crippen LogP contribution in [0.1, 0.15) is 0 Å². The summed E-state index contributed by atoms with van der Waals surface area (Å²) in [6.45, 7) is 0. The molecule has 5 heteroatoms. The van der Waals surface area contributed by atoms with Crippen molar-refractivity contribution in [3.8, 4) is 11.1 Å². The Morgan fingerprint density at radius 3 is 2.68 bits per heavy atom. The Bertz CT molecular complexity index is 827. The number of nitrogens with zero attached hydrogens (tertiary/aromatic N) is 1. The van der Waals surface area contributed by atoms with E-state index in [0.717, 1.165) is 5.39 Å². The quantitative estimate of drug-likeness (QED) is 0.739. The molecule has 2 heterocycles. The number of pyridine rings is 2. The lowest BCUT2D eigenvalue weighted by Gasteiger charge is -2.05. The molecule has 0 spiro atoms. The van der Waals surface area contributed by atoms with Crippen LogP contribution in [0.25, 0.3) is 22.2 Å². The molecule has 3 rings (SSSR count). The molecule has 0 unspecified atom stereocenters. The maximum absolute atomic E-state index is 12.1. The van der Waals surface area contributed by atoms with Crippen molar-refractivity contribution in [1.29, 1.82) is 0 Å². The first-order chi connectivity index (χ1) is 9.15. The molecule has 94 valence electrons. The highest BCUT2D eigenvalue weighted by Crippen LogP contribution is 2.29. The van der Waals surface area contributed by atoms with Gasteiger partial charge < -0.3 is 4.98 Å². The standard InChI is InChI=1S/C14H8Cl2N2O/c15-9-3-4-10(12(16)7-9)11-6-8-2-1-5-17-13(8)18-14(11)19/h1-7H,(H,17,18,19). The van der Waals surface area contributed by atoms with Crippen LogP contribution in [-0.2, 0) is 0 Å². The molecule has 0 atom stereocenters. The van der Waals surface area contributed by atoms with Gasteiger partial charge in [-0.25, -0.2) is 4.98 Å². The number of benzene rings is 1. The molecule has 0 saturated heterocycles. The highest BCUT2D eigenvalue weighted by Gasteiger charge is 2.09. The van der Waals surface area contributed by atoms with Crippen LogP contribution in [-0.4, -0.2) is 9.97 Å². The van der Waals surface area contributed by atoms with Crippen LogP contribution in [0.5, 0.6) is 0 Å². The number of nitrogens with one attached hydrogen (secondary N) is 1. The number of halogens is 2. The highest BCUT2D eigenvalue weighted by molar-refractivity contribution is 6.36. The molecule has 1 N–H and O–H groups in total. The lowest BCUT2D eigenvalue weighted by Crippen LogP contribution is -2.09. The molecule has 0 amide bonds. The van der Waals surface area contributed by atoms with E-state index in [4.69, 9.17) is 23.2 Å². The van der Waals surface area contributed by atoms with Crippen molar-refractivity contribution in [2.45, 2.75) is 0 Å². The predicted molar refractivity (Wildman–Crippen MR) is 77.8 cm³/mol. The van der Waals surface area contributed by atoms with E-state index in [1.165, 1.54) is 0 Å². The molecule has 0 aliphatic heterocycles. The number of aromatic amines is 1. The van der Waals surface area contributed by atoms with Crippen LogP contribution in [0.4, 0.5) is 0 Å². The highest BCUT2D eigenvalue weighted by atomic mass is 35.5. The molecule has 19 heavy (non-hydrogen) atoms. The third kappa shape index (κ3) is 2.23. The molecular formula is C14H8Cl2N2O. The summed E-state index contributed by atoms with van der Waals surface area (Å²) in [6, 6.07) is 10.5. The van der Waals surface area contributed by atoms with Gasteiger partial charge in [-0.15, -0.1) is 0 Å². The maximum Gasteiger partial charge on any atom is 0.257 e. The van der Waals surface area contributed by atoms with Crippen molar-refractivity contribution in [3.05, 3.63) is 63.0 Å². The average Bonchev–Trinajstić information content (AvgIpc) is 2.38. The minimum absolute atomic E-state index is 0.226. The van der Waals surface area contributed by atoms with Crippen LogP contribution in [0.3, 0.4) is 0 Å². The molecule has 0 bridgehead atoms. The zero-order valence-corrected chi connectivity index (χ0v) is 11.2. The van der Waals surface area contributed by atoms with Gasteiger partial charge in [0, 0.05) is 27.7 Å². The van der Waals surface area contributed by atoms with E-state index in [1.54, 1.807) is 30.5 Å². The van der Waals surface area contributed by atoms with Gasteiger partial charge in [-0.1, -0.05) is 29.3 Å². The maximum atomic E-state index is 12.1. The molecule has 3 nitrogen and oxygen atoms in total. The molecule has 0 fully saturated rings. The van der Waals surface area contributed by atoms with E-state index < -0.39 is 0 Å².